The molecule has 0 bridgehead atoms. The van der Waals surface area contributed by atoms with E-state index in [0.29, 0.717) is 17.7 Å². The molecular formula is C10H14N6O. The molecule has 0 aliphatic rings. The van der Waals surface area contributed by atoms with Crippen LogP contribution in [0.3, 0.4) is 0 Å². The van der Waals surface area contributed by atoms with Crippen LogP contribution < -0.4 is 10.6 Å². The van der Waals surface area contributed by atoms with Crippen molar-refractivity contribution >= 4 is 11.8 Å². The summed E-state index contributed by atoms with van der Waals surface area (Å²) in [4.78, 5) is 7.97. The van der Waals surface area contributed by atoms with Crippen LogP contribution in [0.2, 0.25) is 0 Å². The van der Waals surface area contributed by atoms with Gasteiger partial charge in [-0.1, -0.05) is 12.0 Å². The minimum absolute atomic E-state index is 0.0323. The molecule has 90 valence electrons. The third-order valence-corrected chi connectivity index (χ3v) is 2.12. The Bertz CT molecular complexity index is 457. The van der Waals surface area contributed by atoms with Crippen LogP contribution in [0.25, 0.3) is 0 Å². The zero-order valence-electron chi connectivity index (χ0n) is 9.71. The molecule has 2 heterocycles. The third kappa shape index (κ3) is 2.97. The first-order valence-corrected chi connectivity index (χ1v) is 5.39. The van der Waals surface area contributed by atoms with Gasteiger partial charge in [-0.15, -0.1) is 5.10 Å². The van der Waals surface area contributed by atoms with Gasteiger partial charge in [0.15, 0.2) is 5.82 Å². The highest BCUT2D eigenvalue weighted by atomic mass is 16.4. The van der Waals surface area contributed by atoms with E-state index < -0.39 is 0 Å². The monoisotopic (exact) mass is 234 g/mol. The zero-order valence-corrected chi connectivity index (χ0v) is 9.71. The smallest absolute Gasteiger partial charge is 0.321 e. The van der Waals surface area contributed by atoms with Crippen molar-refractivity contribution in [3.63, 3.8) is 0 Å². The number of anilines is 2. The summed E-state index contributed by atoms with van der Waals surface area (Å²) in [5, 5.41) is 13.9. The molecule has 2 aromatic rings. The second-order valence-corrected chi connectivity index (χ2v) is 3.44. The summed E-state index contributed by atoms with van der Waals surface area (Å²) in [7, 11) is 0. The maximum absolute atomic E-state index is 5.44. The Hall–Kier alpha value is -2.02. The molecule has 0 aromatic carbocycles. The van der Waals surface area contributed by atoms with E-state index in [0.717, 1.165) is 6.54 Å². The second-order valence-electron chi connectivity index (χ2n) is 3.44. The first-order chi connectivity index (χ1) is 8.29. The van der Waals surface area contributed by atoms with Crippen molar-refractivity contribution in [2.75, 3.05) is 11.9 Å². The van der Waals surface area contributed by atoms with E-state index in [1.165, 1.54) is 0 Å². The molecule has 0 amide bonds. The topological polar surface area (TPSA) is 88.8 Å². The lowest BCUT2D eigenvalue weighted by Gasteiger charge is -2.05. The van der Waals surface area contributed by atoms with Crippen LogP contribution in [-0.4, -0.2) is 26.7 Å². The Morgan fingerprint density at radius 2 is 2.24 bits per heavy atom. The zero-order chi connectivity index (χ0) is 12.1. The Labute approximate surface area is 98.7 Å². The maximum Gasteiger partial charge on any atom is 0.321 e. The number of aromatic nitrogens is 4. The molecule has 0 saturated heterocycles. The molecule has 1 atom stereocenters. The van der Waals surface area contributed by atoms with E-state index in [9.17, 15) is 0 Å². The van der Waals surface area contributed by atoms with Crippen LogP contribution in [0.1, 0.15) is 25.8 Å². The molecule has 0 spiro atoms. The van der Waals surface area contributed by atoms with E-state index in [2.05, 4.69) is 30.8 Å². The lowest BCUT2D eigenvalue weighted by molar-refractivity contribution is 0.430. The molecule has 7 heteroatoms. The van der Waals surface area contributed by atoms with Crippen molar-refractivity contribution < 1.29 is 4.42 Å². The minimum Gasteiger partial charge on any atom is -0.406 e. The van der Waals surface area contributed by atoms with Crippen molar-refractivity contribution in [1.29, 1.82) is 0 Å². The largest absolute Gasteiger partial charge is 0.406 e. The molecule has 0 aliphatic heterocycles. The molecular weight excluding hydrogens is 220 g/mol. The van der Waals surface area contributed by atoms with E-state index in [1.807, 2.05) is 13.8 Å². The standard InChI is InChI=1S/C10H14N6O/c1-3-12-7(2)9-15-16-10(17-9)14-8-6-11-4-5-13-8/h4-7,12H,3H2,1-2H3,(H,13,14,16). The normalized spacial score (nSPS) is 12.4. The van der Waals surface area contributed by atoms with Crippen molar-refractivity contribution in [2.45, 2.75) is 19.9 Å². The lowest BCUT2D eigenvalue weighted by Crippen LogP contribution is -2.17. The summed E-state index contributed by atoms with van der Waals surface area (Å²) in [5.74, 6) is 1.11. The fourth-order valence-corrected chi connectivity index (χ4v) is 1.33. The molecule has 1 unspecified atom stereocenters. The molecule has 7 nitrogen and oxygen atoms in total. The van der Waals surface area contributed by atoms with E-state index >= 15 is 0 Å². The number of nitrogens with zero attached hydrogens (tertiary/aromatic N) is 4. The summed E-state index contributed by atoms with van der Waals surface area (Å²) in [6.45, 7) is 4.82. The van der Waals surface area contributed by atoms with Crippen LogP contribution in [0, 0.1) is 0 Å². The Balaban J connectivity index is 2.04. The Kier molecular flexibility index (Phi) is 3.61. The molecule has 0 saturated carbocycles. The van der Waals surface area contributed by atoms with Crippen molar-refractivity contribution in [1.82, 2.24) is 25.5 Å². The second kappa shape index (κ2) is 5.35. The number of hydrogen-bond donors (Lipinski definition) is 2. The van der Waals surface area contributed by atoms with Crippen LogP contribution in [-0.2, 0) is 0 Å². The highest BCUT2D eigenvalue weighted by molar-refractivity contribution is 5.42. The highest BCUT2D eigenvalue weighted by Gasteiger charge is 2.12. The SMILES string of the molecule is CCNC(C)c1nnc(Nc2cnccn2)o1. The van der Waals surface area contributed by atoms with Gasteiger partial charge in [0, 0.05) is 12.4 Å². The fraction of sp³-hybridized carbons (Fsp3) is 0.400. The van der Waals surface area contributed by atoms with Gasteiger partial charge in [0.1, 0.15) is 0 Å². The van der Waals surface area contributed by atoms with Gasteiger partial charge in [-0.05, 0) is 13.5 Å². The highest BCUT2D eigenvalue weighted by Crippen LogP contribution is 2.15. The quantitative estimate of drug-likeness (QED) is 0.805. The first-order valence-electron chi connectivity index (χ1n) is 5.39. The minimum atomic E-state index is 0.0323. The van der Waals surface area contributed by atoms with Gasteiger partial charge in [-0.2, -0.15) is 0 Å². The molecule has 0 fully saturated rings. The predicted octanol–water partition coefficient (Wildman–Crippen LogP) is 1.27. The van der Waals surface area contributed by atoms with Crippen molar-refractivity contribution in [3.8, 4) is 0 Å². The first kappa shape index (κ1) is 11.5. The van der Waals surface area contributed by atoms with Gasteiger partial charge in [-0.3, -0.25) is 10.3 Å². The van der Waals surface area contributed by atoms with Crippen molar-refractivity contribution in [2.24, 2.45) is 0 Å². The third-order valence-electron chi connectivity index (χ3n) is 2.12. The van der Waals surface area contributed by atoms with Gasteiger partial charge >= 0.3 is 6.01 Å². The van der Waals surface area contributed by atoms with Crippen LogP contribution in [0.5, 0.6) is 0 Å². The van der Waals surface area contributed by atoms with E-state index in [-0.39, 0.29) is 6.04 Å². The molecule has 2 aromatic heterocycles. The van der Waals surface area contributed by atoms with Gasteiger partial charge in [0.2, 0.25) is 5.89 Å². The van der Waals surface area contributed by atoms with Gasteiger partial charge in [-0.25, -0.2) is 4.98 Å². The summed E-state index contributed by atoms with van der Waals surface area (Å²) < 4.78 is 5.44. The molecule has 0 radical (unpaired) electrons. The molecule has 0 aliphatic carbocycles. The summed E-state index contributed by atoms with van der Waals surface area (Å²) in [6.07, 6.45) is 4.76. The summed E-state index contributed by atoms with van der Waals surface area (Å²) in [6, 6.07) is 0.343. The van der Waals surface area contributed by atoms with Crippen molar-refractivity contribution in [3.05, 3.63) is 24.5 Å². The van der Waals surface area contributed by atoms with E-state index in [4.69, 9.17) is 4.42 Å². The Morgan fingerprint density at radius 1 is 1.35 bits per heavy atom. The molecule has 2 N–H and O–H groups in total. The predicted molar refractivity (Wildman–Crippen MR) is 61.7 cm³/mol. The van der Waals surface area contributed by atoms with Gasteiger partial charge < -0.3 is 9.73 Å². The summed E-state index contributed by atoms with van der Waals surface area (Å²) in [5.41, 5.74) is 0. The number of hydrogen-bond acceptors (Lipinski definition) is 7. The average Bonchev–Trinajstić information content (AvgIpc) is 2.79. The fourth-order valence-electron chi connectivity index (χ4n) is 1.33. The molecule has 2 rings (SSSR count). The molecule has 17 heavy (non-hydrogen) atoms. The van der Waals surface area contributed by atoms with Gasteiger partial charge in [0.25, 0.3) is 0 Å². The Morgan fingerprint density at radius 3 is 2.94 bits per heavy atom. The maximum atomic E-state index is 5.44. The van der Waals surface area contributed by atoms with Gasteiger partial charge in [0.05, 0.1) is 12.2 Å². The van der Waals surface area contributed by atoms with Crippen LogP contribution >= 0.6 is 0 Å². The van der Waals surface area contributed by atoms with E-state index in [1.54, 1.807) is 18.6 Å². The number of nitrogens with one attached hydrogen (secondary N) is 2. The lowest BCUT2D eigenvalue weighted by atomic mass is 10.3. The summed E-state index contributed by atoms with van der Waals surface area (Å²) >= 11 is 0. The number of rotatable bonds is 5. The van der Waals surface area contributed by atoms with Crippen LogP contribution in [0.4, 0.5) is 11.8 Å². The van der Waals surface area contributed by atoms with Crippen LogP contribution in [0.15, 0.2) is 23.0 Å². The average molecular weight is 234 g/mol.